The maximum absolute atomic E-state index is 13.5. The third-order valence-electron chi connectivity index (χ3n) is 4.99. The van der Waals surface area contributed by atoms with E-state index in [-0.39, 0.29) is 17.1 Å². The molecule has 0 saturated carbocycles. The predicted molar refractivity (Wildman–Crippen MR) is 121 cm³/mol. The van der Waals surface area contributed by atoms with Crippen molar-refractivity contribution in [2.45, 2.75) is 17.1 Å². The molecule has 8 nitrogen and oxygen atoms in total. The number of benzene rings is 1. The average molecular weight is 473 g/mol. The summed E-state index contributed by atoms with van der Waals surface area (Å²) in [7, 11) is -0.853. The fourth-order valence-corrected chi connectivity index (χ4v) is 6.15. The number of pyridine rings is 1. The summed E-state index contributed by atoms with van der Waals surface area (Å²) in [6, 6.07) is 11.9. The first-order valence-electron chi connectivity index (χ1n) is 9.59. The van der Waals surface area contributed by atoms with Gasteiger partial charge in [0.05, 0.1) is 19.7 Å². The van der Waals surface area contributed by atoms with Gasteiger partial charge in [-0.15, -0.1) is 11.3 Å². The van der Waals surface area contributed by atoms with E-state index in [1.54, 1.807) is 42.6 Å². The van der Waals surface area contributed by atoms with Crippen molar-refractivity contribution in [1.82, 2.24) is 8.96 Å². The minimum absolute atomic E-state index is 0.107. The highest BCUT2D eigenvalue weighted by Crippen LogP contribution is 2.35. The first-order chi connectivity index (χ1) is 15.3. The Bertz CT molecular complexity index is 1390. The van der Waals surface area contributed by atoms with Crippen LogP contribution in [0.1, 0.15) is 12.0 Å². The molecule has 166 valence electrons. The van der Waals surface area contributed by atoms with Gasteiger partial charge >= 0.3 is 5.97 Å². The molecule has 0 amide bonds. The second kappa shape index (κ2) is 8.64. The van der Waals surface area contributed by atoms with E-state index in [0.29, 0.717) is 28.1 Å². The van der Waals surface area contributed by atoms with Crippen molar-refractivity contribution in [3.05, 3.63) is 60.4 Å². The van der Waals surface area contributed by atoms with Crippen LogP contribution in [0.4, 0.5) is 0 Å². The van der Waals surface area contributed by atoms with Crippen LogP contribution in [0, 0.1) is 0 Å². The Morgan fingerprint density at radius 2 is 1.94 bits per heavy atom. The fraction of sp³-hybridized carbons (Fsp3) is 0.182. The summed E-state index contributed by atoms with van der Waals surface area (Å²) in [5.41, 5.74) is 1.87. The van der Waals surface area contributed by atoms with Gasteiger partial charge in [0.1, 0.15) is 9.96 Å². The number of ether oxygens (including phenoxy) is 2. The van der Waals surface area contributed by atoms with E-state index in [9.17, 15) is 13.2 Å². The van der Waals surface area contributed by atoms with Crippen LogP contribution in [0.15, 0.2) is 59.1 Å². The van der Waals surface area contributed by atoms with Gasteiger partial charge in [0.25, 0.3) is 10.0 Å². The normalized spacial score (nSPS) is 11.6. The molecular weight excluding hydrogens is 452 g/mol. The number of aryl methyl sites for hydroxylation is 1. The van der Waals surface area contributed by atoms with Gasteiger partial charge in [0.15, 0.2) is 0 Å². The zero-order chi connectivity index (χ0) is 22.9. The maximum atomic E-state index is 13.5. The van der Waals surface area contributed by atoms with Crippen molar-refractivity contribution in [3.63, 3.8) is 0 Å². The van der Waals surface area contributed by atoms with Crippen molar-refractivity contribution in [3.8, 4) is 22.1 Å². The number of hydrogen-bond donors (Lipinski definition) is 1. The molecule has 0 bridgehead atoms. The van der Waals surface area contributed by atoms with E-state index in [2.05, 4.69) is 4.98 Å². The number of aromatic nitrogens is 2. The van der Waals surface area contributed by atoms with E-state index >= 15 is 0 Å². The SMILES string of the molecule is COc1ccc2c(c1)c(CCC(=O)O)cn2S(=O)(=O)c1ccc(-c2ccc(OC)nc2)s1. The van der Waals surface area contributed by atoms with Crippen molar-refractivity contribution in [2.75, 3.05) is 14.2 Å². The van der Waals surface area contributed by atoms with E-state index < -0.39 is 16.0 Å². The van der Waals surface area contributed by atoms with Gasteiger partial charge in [0.2, 0.25) is 5.88 Å². The quantitative estimate of drug-likeness (QED) is 0.412. The van der Waals surface area contributed by atoms with Crippen LogP contribution in [-0.4, -0.2) is 42.7 Å². The van der Waals surface area contributed by atoms with Gasteiger partial charge in [-0.05, 0) is 48.4 Å². The molecular formula is C22H20N2O6S2. The van der Waals surface area contributed by atoms with Crippen LogP contribution in [0.3, 0.4) is 0 Å². The Morgan fingerprint density at radius 1 is 1.12 bits per heavy atom. The number of carbonyl (C=O) groups is 1. The molecule has 3 aromatic heterocycles. The summed E-state index contributed by atoms with van der Waals surface area (Å²) >= 11 is 1.14. The number of aliphatic carboxylic acids is 1. The molecule has 0 saturated heterocycles. The minimum Gasteiger partial charge on any atom is -0.497 e. The molecule has 0 aliphatic rings. The van der Waals surface area contributed by atoms with Crippen molar-refractivity contribution >= 4 is 38.2 Å². The largest absolute Gasteiger partial charge is 0.497 e. The summed E-state index contributed by atoms with van der Waals surface area (Å²) in [6.45, 7) is 0. The van der Waals surface area contributed by atoms with Crippen molar-refractivity contribution in [1.29, 1.82) is 0 Å². The monoisotopic (exact) mass is 472 g/mol. The molecule has 0 fully saturated rings. The molecule has 0 spiro atoms. The molecule has 4 aromatic rings. The standard InChI is InChI=1S/C22H20N2O6S2/c1-29-16-5-6-18-17(11-16)15(4-9-21(25)26)13-24(18)32(27,28)22-10-7-19(31-22)14-3-8-20(30-2)23-12-14/h3,5-8,10-13H,4,9H2,1-2H3,(H,25,26). The molecule has 10 heteroatoms. The maximum Gasteiger partial charge on any atom is 0.303 e. The number of rotatable bonds is 8. The first kappa shape index (κ1) is 21.8. The molecule has 0 aliphatic heterocycles. The lowest BCUT2D eigenvalue weighted by Gasteiger charge is -2.06. The average Bonchev–Trinajstić information content (AvgIpc) is 3.43. The zero-order valence-corrected chi connectivity index (χ0v) is 18.9. The molecule has 3 heterocycles. The number of thiophene rings is 1. The fourth-order valence-electron chi connectivity index (χ4n) is 3.37. The predicted octanol–water partition coefficient (Wildman–Crippen LogP) is 4.04. The lowest BCUT2D eigenvalue weighted by Crippen LogP contribution is -2.10. The summed E-state index contributed by atoms with van der Waals surface area (Å²) in [5, 5.41) is 9.72. The second-order valence-electron chi connectivity index (χ2n) is 6.94. The van der Waals surface area contributed by atoms with Crippen LogP contribution >= 0.6 is 11.3 Å². The number of carboxylic acids is 1. The Labute approximate surface area is 188 Å². The van der Waals surface area contributed by atoms with E-state index in [1.807, 2.05) is 6.07 Å². The van der Waals surface area contributed by atoms with Crippen molar-refractivity contribution < 1.29 is 27.8 Å². The first-order valence-corrected chi connectivity index (χ1v) is 11.8. The van der Waals surface area contributed by atoms with Gasteiger partial charge in [-0.3, -0.25) is 4.79 Å². The van der Waals surface area contributed by atoms with Gasteiger partial charge < -0.3 is 14.6 Å². The number of hydrogen-bond acceptors (Lipinski definition) is 7. The minimum atomic E-state index is -3.90. The Hall–Kier alpha value is -3.37. The summed E-state index contributed by atoms with van der Waals surface area (Å²) in [5.74, 6) is 0.0866. The third kappa shape index (κ3) is 4.06. The van der Waals surface area contributed by atoms with Gasteiger partial charge in [-0.25, -0.2) is 8.96 Å². The van der Waals surface area contributed by atoms with E-state index in [4.69, 9.17) is 14.6 Å². The number of nitrogens with zero attached hydrogens (tertiary/aromatic N) is 2. The second-order valence-corrected chi connectivity index (χ2v) is 10.1. The van der Waals surface area contributed by atoms with E-state index in [1.165, 1.54) is 24.4 Å². The Balaban J connectivity index is 1.77. The van der Waals surface area contributed by atoms with Gasteiger partial charge in [-0.1, -0.05) is 0 Å². The van der Waals surface area contributed by atoms with Crippen LogP contribution in [0.25, 0.3) is 21.3 Å². The van der Waals surface area contributed by atoms with Gasteiger partial charge in [0, 0.05) is 40.7 Å². The topological polar surface area (TPSA) is 108 Å². The third-order valence-corrected chi connectivity index (χ3v) is 8.27. The highest BCUT2D eigenvalue weighted by molar-refractivity contribution is 7.92. The number of methoxy groups -OCH3 is 2. The zero-order valence-electron chi connectivity index (χ0n) is 17.3. The smallest absolute Gasteiger partial charge is 0.303 e. The summed E-state index contributed by atoms with van der Waals surface area (Å²) in [4.78, 5) is 16.0. The van der Waals surface area contributed by atoms with E-state index in [0.717, 1.165) is 21.8 Å². The molecule has 0 aliphatic carbocycles. The Morgan fingerprint density at radius 3 is 2.59 bits per heavy atom. The Kier molecular flexibility index (Phi) is 5.90. The summed E-state index contributed by atoms with van der Waals surface area (Å²) in [6.07, 6.45) is 3.22. The van der Waals surface area contributed by atoms with Crippen LogP contribution in [0.5, 0.6) is 11.6 Å². The molecule has 0 atom stereocenters. The number of fused-ring (bicyclic) bond motifs is 1. The molecule has 1 aromatic carbocycles. The number of carboxylic acid groups (broad SMARTS) is 1. The van der Waals surface area contributed by atoms with Crippen LogP contribution < -0.4 is 9.47 Å². The summed E-state index contributed by atoms with van der Waals surface area (Å²) < 4.78 is 38.7. The van der Waals surface area contributed by atoms with Crippen LogP contribution in [-0.2, 0) is 21.2 Å². The lowest BCUT2D eigenvalue weighted by molar-refractivity contribution is -0.136. The molecule has 0 radical (unpaired) electrons. The molecule has 4 rings (SSSR count). The highest BCUT2D eigenvalue weighted by Gasteiger charge is 2.24. The van der Waals surface area contributed by atoms with Crippen LogP contribution in [0.2, 0.25) is 0 Å². The highest BCUT2D eigenvalue weighted by atomic mass is 32.2. The lowest BCUT2D eigenvalue weighted by atomic mass is 10.1. The van der Waals surface area contributed by atoms with Gasteiger partial charge in [-0.2, -0.15) is 8.42 Å². The molecule has 1 N–H and O–H groups in total. The van der Waals surface area contributed by atoms with Crippen molar-refractivity contribution in [2.24, 2.45) is 0 Å². The molecule has 0 unspecified atom stereocenters. The molecule has 32 heavy (non-hydrogen) atoms.